The molecular weight excluding hydrogens is 632 g/mol. The summed E-state index contributed by atoms with van der Waals surface area (Å²) in [6, 6.07) is 23.0. The highest BCUT2D eigenvalue weighted by Gasteiger charge is 2.04. The predicted octanol–water partition coefficient (Wildman–Crippen LogP) is 8.84. The minimum atomic E-state index is 0.908. The van der Waals surface area contributed by atoms with Gasteiger partial charge in [-0.25, -0.2) is 0 Å². The van der Waals surface area contributed by atoms with Gasteiger partial charge in [0.05, 0.1) is 0 Å². The molecule has 0 fully saturated rings. The molecule has 4 heteroatoms. The molecule has 3 aromatic rings. The fraction of sp³-hybridized carbons (Fsp3) is 0.308. The Bertz CT molecular complexity index is 825. The highest BCUT2D eigenvalue weighted by atomic mass is 79.9. The zero-order valence-electron chi connectivity index (χ0n) is 16.9. The molecular formula is C26H26Br4. The topological polar surface area (TPSA) is 0 Å². The second kappa shape index (κ2) is 12.6. The second-order valence-corrected chi connectivity index (χ2v) is 9.91. The van der Waals surface area contributed by atoms with Crippen LogP contribution in [0.3, 0.4) is 0 Å². The summed E-state index contributed by atoms with van der Waals surface area (Å²) in [4.78, 5) is 0. The van der Waals surface area contributed by atoms with E-state index in [1.807, 2.05) is 0 Å². The quantitative estimate of drug-likeness (QED) is 0.191. The standard InChI is InChI=1S/C26H26Br4/c27-15-23-9-21(10-24(13-23)16-28)7-5-19-1-2-20(4-3-19)6-8-22-11-25(17-29)14-26(12-22)18-30/h1-4,9-14H,5-8,15-18H2. The summed E-state index contributed by atoms with van der Waals surface area (Å²) in [7, 11) is 0. The van der Waals surface area contributed by atoms with Gasteiger partial charge in [-0.05, 0) is 70.2 Å². The maximum Gasteiger partial charge on any atom is 0.0283 e. The van der Waals surface area contributed by atoms with E-state index in [1.165, 1.54) is 44.5 Å². The molecule has 158 valence electrons. The van der Waals surface area contributed by atoms with Crippen molar-refractivity contribution in [2.45, 2.75) is 47.0 Å². The van der Waals surface area contributed by atoms with E-state index < -0.39 is 0 Å². The molecule has 3 rings (SSSR count). The Morgan fingerprint density at radius 1 is 0.333 bits per heavy atom. The normalized spacial score (nSPS) is 11.1. The van der Waals surface area contributed by atoms with Crippen molar-refractivity contribution in [3.05, 3.63) is 105 Å². The van der Waals surface area contributed by atoms with E-state index in [0.717, 1.165) is 47.0 Å². The van der Waals surface area contributed by atoms with Crippen molar-refractivity contribution in [2.75, 3.05) is 0 Å². The number of hydrogen-bond donors (Lipinski definition) is 0. The van der Waals surface area contributed by atoms with Crippen LogP contribution >= 0.6 is 63.7 Å². The van der Waals surface area contributed by atoms with Gasteiger partial charge in [0, 0.05) is 21.3 Å². The summed E-state index contributed by atoms with van der Waals surface area (Å²) in [5, 5.41) is 3.63. The molecule has 30 heavy (non-hydrogen) atoms. The van der Waals surface area contributed by atoms with Crippen LogP contribution in [-0.2, 0) is 47.0 Å². The molecule has 0 bridgehead atoms. The van der Waals surface area contributed by atoms with Crippen LogP contribution in [0.15, 0.2) is 60.7 Å². The maximum atomic E-state index is 3.59. The van der Waals surface area contributed by atoms with Gasteiger partial charge in [-0.15, -0.1) is 0 Å². The second-order valence-electron chi connectivity index (χ2n) is 7.67. The van der Waals surface area contributed by atoms with Gasteiger partial charge >= 0.3 is 0 Å². The molecule has 0 saturated heterocycles. The van der Waals surface area contributed by atoms with Crippen LogP contribution in [0.5, 0.6) is 0 Å². The smallest absolute Gasteiger partial charge is 0.0283 e. The monoisotopic (exact) mass is 654 g/mol. The third-order valence-corrected chi connectivity index (χ3v) is 7.86. The minimum absolute atomic E-state index is 0.908. The SMILES string of the molecule is BrCc1cc(CBr)cc(CCc2ccc(CCc3cc(CBr)cc(CBr)c3)cc2)c1. The van der Waals surface area contributed by atoms with Crippen molar-refractivity contribution in [2.24, 2.45) is 0 Å². The molecule has 0 aliphatic carbocycles. The number of alkyl halides is 4. The van der Waals surface area contributed by atoms with Crippen LogP contribution in [0.2, 0.25) is 0 Å². The number of halogens is 4. The fourth-order valence-electron chi connectivity index (χ4n) is 3.73. The predicted molar refractivity (Wildman–Crippen MR) is 145 cm³/mol. The summed E-state index contributed by atoms with van der Waals surface area (Å²) < 4.78 is 0. The summed E-state index contributed by atoms with van der Waals surface area (Å²) in [6.07, 6.45) is 4.31. The Morgan fingerprint density at radius 2 is 0.567 bits per heavy atom. The fourth-order valence-corrected chi connectivity index (χ4v) is 5.02. The first-order valence-electron chi connectivity index (χ1n) is 10.2. The van der Waals surface area contributed by atoms with E-state index in [1.54, 1.807) is 0 Å². The first-order valence-corrected chi connectivity index (χ1v) is 14.7. The lowest BCUT2D eigenvalue weighted by molar-refractivity contribution is 0.935. The van der Waals surface area contributed by atoms with E-state index in [2.05, 4.69) is 124 Å². The number of aryl methyl sites for hydroxylation is 4. The van der Waals surface area contributed by atoms with E-state index in [-0.39, 0.29) is 0 Å². The Labute approximate surface area is 214 Å². The Balaban J connectivity index is 1.58. The first-order chi connectivity index (χ1) is 14.6. The minimum Gasteiger partial charge on any atom is -0.0876 e. The van der Waals surface area contributed by atoms with E-state index in [0.29, 0.717) is 0 Å². The number of hydrogen-bond acceptors (Lipinski definition) is 0. The zero-order valence-corrected chi connectivity index (χ0v) is 23.3. The molecule has 3 aromatic carbocycles. The van der Waals surface area contributed by atoms with Gasteiger partial charge in [0.25, 0.3) is 0 Å². The molecule has 0 amide bonds. The third-order valence-electron chi connectivity index (χ3n) is 5.27. The summed E-state index contributed by atoms with van der Waals surface area (Å²) in [5.74, 6) is 0. The molecule has 0 radical (unpaired) electrons. The van der Waals surface area contributed by atoms with Crippen LogP contribution in [-0.4, -0.2) is 0 Å². The van der Waals surface area contributed by atoms with E-state index in [4.69, 9.17) is 0 Å². The van der Waals surface area contributed by atoms with Crippen molar-refractivity contribution in [3.8, 4) is 0 Å². The molecule has 0 aromatic heterocycles. The molecule has 0 aliphatic rings. The van der Waals surface area contributed by atoms with Gasteiger partial charge in [-0.3, -0.25) is 0 Å². The molecule has 0 N–H and O–H groups in total. The first kappa shape index (κ1) is 24.2. The average Bonchev–Trinajstić information content (AvgIpc) is 2.81. The third kappa shape index (κ3) is 7.32. The lowest BCUT2D eigenvalue weighted by atomic mass is 9.98. The maximum absolute atomic E-state index is 3.59. The highest BCUT2D eigenvalue weighted by Crippen LogP contribution is 2.19. The van der Waals surface area contributed by atoms with Gasteiger partial charge in [0.15, 0.2) is 0 Å². The van der Waals surface area contributed by atoms with Crippen molar-refractivity contribution in [1.82, 2.24) is 0 Å². The van der Waals surface area contributed by atoms with Crippen LogP contribution < -0.4 is 0 Å². The lowest BCUT2D eigenvalue weighted by Gasteiger charge is -2.09. The largest absolute Gasteiger partial charge is 0.0876 e. The molecule has 0 nitrogen and oxygen atoms in total. The zero-order chi connectivity index (χ0) is 21.3. The van der Waals surface area contributed by atoms with Crippen LogP contribution in [0, 0.1) is 0 Å². The van der Waals surface area contributed by atoms with Gasteiger partial charge in [-0.1, -0.05) is 124 Å². The summed E-state index contributed by atoms with van der Waals surface area (Å²) in [5.41, 5.74) is 11.1. The summed E-state index contributed by atoms with van der Waals surface area (Å²) >= 11 is 14.3. The van der Waals surface area contributed by atoms with Gasteiger partial charge in [0.1, 0.15) is 0 Å². The Hall–Kier alpha value is -0.420. The number of benzene rings is 3. The Kier molecular flexibility index (Phi) is 10.2. The van der Waals surface area contributed by atoms with Crippen molar-refractivity contribution in [3.63, 3.8) is 0 Å². The van der Waals surface area contributed by atoms with E-state index in [9.17, 15) is 0 Å². The van der Waals surface area contributed by atoms with Crippen LogP contribution in [0.1, 0.15) is 44.5 Å². The van der Waals surface area contributed by atoms with Crippen molar-refractivity contribution >= 4 is 63.7 Å². The molecule has 0 spiro atoms. The lowest BCUT2D eigenvalue weighted by Crippen LogP contribution is -1.97. The average molecular weight is 658 g/mol. The van der Waals surface area contributed by atoms with Crippen molar-refractivity contribution in [1.29, 1.82) is 0 Å². The van der Waals surface area contributed by atoms with Crippen LogP contribution in [0.25, 0.3) is 0 Å². The van der Waals surface area contributed by atoms with Gasteiger partial charge in [-0.2, -0.15) is 0 Å². The van der Waals surface area contributed by atoms with Gasteiger partial charge < -0.3 is 0 Å². The van der Waals surface area contributed by atoms with Crippen molar-refractivity contribution < 1.29 is 0 Å². The molecule has 0 heterocycles. The van der Waals surface area contributed by atoms with E-state index >= 15 is 0 Å². The molecule has 0 aliphatic heterocycles. The number of rotatable bonds is 10. The highest BCUT2D eigenvalue weighted by molar-refractivity contribution is 9.09. The van der Waals surface area contributed by atoms with Crippen LogP contribution in [0.4, 0.5) is 0 Å². The van der Waals surface area contributed by atoms with Gasteiger partial charge in [0.2, 0.25) is 0 Å². The molecule has 0 unspecified atom stereocenters. The molecule has 0 saturated carbocycles. The summed E-state index contributed by atoms with van der Waals surface area (Å²) in [6.45, 7) is 0. The molecule has 0 atom stereocenters. The Morgan fingerprint density at radius 3 is 0.833 bits per heavy atom.